The van der Waals surface area contributed by atoms with Crippen molar-refractivity contribution in [3.8, 4) is 0 Å². The van der Waals surface area contributed by atoms with E-state index in [9.17, 15) is 0 Å². The molecule has 2 aromatic carbocycles. The monoisotopic (exact) mass is 380 g/mol. The van der Waals surface area contributed by atoms with Crippen molar-refractivity contribution in [1.82, 2.24) is 0 Å². The Morgan fingerprint density at radius 1 is 0.667 bits per heavy atom. The lowest BCUT2D eigenvalue weighted by Gasteiger charge is -2.31. The van der Waals surface area contributed by atoms with E-state index in [1.807, 2.05) is 0 Å². The van der Waals surface area contributed by atoms with Crippen LogP contribution in [0.5, 0.6) is 0 Å². The van der Waals surface area contributed by atoms with E-state index in [4.69, 9.17) is 0 Å². The van der Waals surface area contributed by atoms with Crippen LogP contribution in [0.15, 0.2) is 48.5 Å². The van der Waals surface area contributed by atoms with Crippen LogP contribution in [0.25, 0.3) is 0 Å². The van der Waals surface area contributed by atoms with Gasteiger partial charge in [-0.1, -0.05) is 94.5 Å². The van der Waals surface area contributed by atoms with E-state index in [0.717, 1.165) is 5.66 Å². The Morgan fingerprint density at radius 2 is 1.11 bits per heavy atom. The molecule has 1 heteroatoms. The molecule has 3 rings (SSSR count). The normalized spacial score (nSPS) is 15.4. The second kappa shape index (κ2) is 11.0. The van der Waals surface area contributed by atoms with Gasteiger partial charge in [0.05, 0.1) is 0 Å². The first-order valence-electron chi connectivity index (χ1n) is 11.3. The number of hydrogen-bond acceptors (Lipinski definition) is 0. The molecule has 1 aliphatic carbocycles. The standard InChI is InChI=1S/C26H37P/c1-3-5-10-22-14-18-25(19-15-22)27(24-12-8-7-9-13-24)26-20-16-23(17-21-26)11-6-4-2/h14-21,24H,3-13H2,1-2H3. The average Bonchev–Trinajstić information content (AvgIpc) is 2.73. The van der Waals surface area contributed by atoms with E-state index in [0.29, 0.717) is 0 Å². The molecule has 0 amide bonds. The molecule has 0 atom stereocenters. The van der Waals surface area contributed by atoms with Crippen molar-refractivity contribution in [3.05, 3.63) is 59.7 Å². The van der Waals surface area contributed by atoms with E-state index in [1.54, 1.807) is 10.6 Å². The fourth-order valence-electron chi connectivity index (χ4n) is 4.32. The first kappa shape index (κ1) is 20.6. The predicted octanol–water partition coefficient (Wildman–Crippen LogP) is 7.14. The summed E-state index contributed by atoms with van der Waals surface area (Å²) in [6, 6.07) is 19.4. The SMILES string of the molecule is CCCCc1ccc(P(c2ccc(CCCC)cc2)C2CCCCC2)cc1. The third-order valence-corrected chi connectivity index (χ3v) is 8.96. The zero-order valence-corrected chi connectivity index (χ0v) is 18.3. The third-order valence-electron chi connectivity index (χ3n) is 6.01. The van der Waals surface area contributed by atoms with Gasteiger partial charge in [-0.3, -0.25) is 0 Å². The molecule has 0 aliphatic heterocycles. The Hall–Kier alpha value is -1.13. The van der Waals surface area contributed by atoms with Crippen molar-refractivity contribution in [2.45, 2.75) is 90.1 Å². The molecule has 0 nitrogen and oxygen atoms in total. The van der Waals surface area contributed by atoms with Crippen molar-refractivity contribution >= 4 is 18.5 Å². The van der Waals surface area contributed by atoms with Crippen molar-refractivity contribution in [2.75, 3.05) is 0 Å². The average molecular weight is 381 g/mol. The van der Waals surface area contributed by atoms with Gasteiger partial charge in [-0.2, -0.15) is 0 Å². The molecule has 1 aliphatic rings. The first-order valence-corrected chi connectivity index (χ1v) is 12.7. The third kappa shape index (κ3) is 5.92. The maximum Gasteiger partial charge on any atom is -0.0129 e. The molecule has 0 unspecified atom stereocenters. The van der Waals surface area contributed by atoms with Crippen LogP contribution in [-0.4, -0.2) is 5.66 Å². The van der Waals surface area contributed by atoms with Crippen LogP contribution in [-0.2, 0) is 12.8 Å². The highest BCUT2D eigenvalue weighted by Gasteiger charge is 2.26. The summed E-state index contributed by atoms with van der Waals surface area (Å²) in [5.41, 5.74) is 3.89. The molecule has 0 spiro atoms. The summed E-state index contributed by atoms with van der Waals surface area (Å²) in [6.45, 7) is 4.56. The lowest BCUT2D eigenvalue weighted by atomic mass is 10.0. The molecule has 1 saturated carbocycles. The highest BCUT2D eigenvalue weighted by Crippen LogP contribution is 2.46. The van der Waals surface area contributed by atoms with Crippen molar-refractivity contribution in [3.63, 3.8) is 0 Å². The van der Waals surface area contributed by atoms with Crippen molar-refractivity contribution in [2.24, 2.45) is 0 Å². The minimum absolute atomic E-state index is 0.220. The van der Waals surface area contributed by atoms with Gasteiger partial charge in [-0.15, -0.1) is 0 Å². The zero-order valence-electron chi connectivity index (χ0n) is 17.4. The van der Waals surface area contributed by atoms with E-state index in [-0.39, 0.29) is 7.92 Å². The van der Waals surface area contributed by atoms with Gasteiger partial charge < -0.3 is 0 Å². The summed E-state index contributed by atoms with van der Waals surface area (Å²) >= 11 is 0. The van der Waals surface area contributed by atoms with Gasteiger partial charge in [-0.05, 0) is 73.8 Å². The minimum Gasteiger partial charge on any atom is -0.0654 e. The summed E-state index contributed by atoms with van der Waals surface area (Å²) in [4.78, 5) is 0. The molecule has 0 N–H and O–H groups in total. The summed E-state index contributed by atoms with van der Waals surface area (Å²) in [6.07, 6.45) is 14.7. The Balaban J connectivity index is 1.82. The Morgan fingerprint density at radius 3 is 1.52 bits per heavy atom. The summed E-state index contributed by atoms with van der Waals surface area (Å²) in [7, 11) is -0.220. The van der Waals surface area contributed by atoms with Gasteiger partial charge >= 0.3 is 0 Å². The lowest BCUT2D eigenvalue weighted by molar-refractivity contribution is 0.513. The Bertz CT molecular complexity index is 598. The van der Waals surface area contributed by atoms with Gasteiger partial charge in [-0.25, -0.2) is 0 Å². The van der Waals surface area contributed by atoms with Gasteiger partial charge in [0.2, 0.25) is 0 Å². The molecule has 2 aromatic rings. The molecule has 0 aromatic heterocycles. The molecule has 146 valence electrons. The topological polar surface area (TPSA) is 0 Å². The second-order valence-electron chi connectivity index (χ2n) is 8.20. The van der Waals surface area contributed by atoms with E-state index < -0.39 is 0 Å². The molecule has 0 bridgehead atoms. The molecule has 0 heterocycles. The van der Waals surface area contributed by atoms with Gasteiger partial charge in [0, 0.05) is 0 Å². The van der Waals surface area contributed by atoms with Crippen LogP contribution in [0.3, 0.4) is 0 Å². The first-order chi connectivity index (χ1) is 13.3. The quantitative estimate of drug-likeness (QED) is 0.406. The fourth-order valence-corrected chi connectivity index (χ4v) is 7.28. The van der Waals surface area contributed by atoms with E-state index in [2.05, 4.69) is 62.4 Å². The Labute approximate surface area is 168 Å². The zero-order chi connectivity index (χ0) is 18.9. The van der Waals surface area contributed by atoms with Crippen LogP contribution >= 0.6 is 7.92 Å². The van der Waals surface area contributed by atoms with Crippen LogP contribution in [0.4, 0.5) is 0 Å². The molecular formula is C26H37P. The maximum absolute atomic E-state index is 2.45. The van der Waals surface area contributed by atoms with Crippen LogP contribution < -0.4 is 10.6 Å². The molecule has 0 saturated heterocycles. The molecule has 27 heavy (non-hydrogen) atoms. The van der Waals surface area contributed by atoms with Crippen LogP contribution in [0, 0.1) is 0 Å². The van der Waals surface area contributed by atoms with Crippen molar-refractivity contribution in [1.29, 1.82) is 0 Å². The minimum atomic E-state index is -0.220. The van der Waals surface area contributed by atoms with Gasteiger partial charge in [0.25, 0.3) is 0 Å². The second-order valence-corrected chi connectivity index (χ2v) is 10.7. The van der Waals surface area contributed by atoms with Gasteiger partial charge in [0.1, 0.15) is 0 Å². The number of rotatable bonds is 9. The number of aryl methyl sites for hydroxylation is 2. The molecule has 1 fully saturated rings. The van der Waals surface area contributed by atoms with E-state index in [1.165, 1.54) is 81.8 Å². The van der Waals surface area contributed by atoms with E-state index >= 15 is 0 Å². The highest BCUT2D eigenvalue weighted by atomic mass is 31.1. The highest BCUT2D eigenvalue weighted by molar-refractivity contribution is 7.73. The number of unbranched alkanes of at least 4 members (excludes halogenated alkanes) is 2. The molecular weight excluding hydrogens is 343 g/mol. The maximum atomic E-state index is 2.45. The smallest absolute Gasteiger partial charge is 0.0129 e. The number of hydrogen-bond donors (Lipinski definition) is 0. The van der Waals surface area contributed by atoms with Crippen molar-refractivity contribution < 1.29 is 0 Å². The largest absolute Gasteiger partial charge is 0.0654 e. The van der Waals surface area contributed by atoms with Crippen LogP contribution in [0.2, 0.25) is 0 Å². The van der Waals surface area contributed by atoms with Gasteiger partial charge in [0.15, 0.2) is 0 Å². The lowest BCUT2D eigenvalue weighted by Crippen LogP contribution is -2.24. The number of benzene rings is 2. The predicted molar refractivity (Wildman–Crippen MR) is 123 cm³/mol. The summed E-state index contributed by atoms with van der Waals surface area (Å²) in [5.74, 6) is 0. The Kier molecular flexibility index (Phi) is 8.40. The van der Waals surface area contributed by atoms with Crippen LogP contribution in [0.1, 0.15) is 82.8 Å². The summed E-state index contributed by atoms with van der Waals surface area (Å²) < 4.78 is 0. The molecule has 0 radical (unpaired) electrons. The summed E-state index contributed by atoms with van der Waals surface area (Å²) in [5, 5.41) is 3.19. The fraction of sp³-hybridized carbons (Fsp3) is 0.538.